The summed E-state index contributed by atoms with van der Waals surface area (Å²) in [5.41, 5.74) is 5.16. The Morgan fingerprint density at radius 1 is 0.812 bits per heavy atom. The molecule has 0 fully saturated rings. The van der Waals surface area contributed by atoms with Crippen LogP contribution in [0.2, 0.25) is 0 Å². The smallest absolute Gasteiger partial charge is 0.331 e. The lowest BCUT2D eigenvalue weighted by Gasteiger charge is -2.19. The van der Waals surface area contributed by atoms with Crippen molar-refractivity contribution in [1.82, 2.24) is 0 Å². The number of hydrogen-bond donors (Lipinski definition) is 2. The number of carboxylic acid groups (broad SMARTS) is 2. The van der Waals surface area contributed by atoms with Crippen molar-refractivity contribution in [3.63, 3.8) is 0 Å². The Morgan fingerprint density at radius 2 is 1.22 bits per heavy atom. The van der Waals surface area contributed by atoms with Gasteiger partial charge in [-0.15, -0.1) is 0 Å². The molecule has 0 aliphatic rings. The van der Waals surface area contributed by atoms with E-state index >= 15 is 0 Å². The van der Waals surface area contributed by atoms with Crippen LogP contribution in [0.25, 0.3) is 6.08 Å². The Hall–Kier alpha value is -2.88. The molecule has 0 aliphatic heterocycles. The Labute approximate surface area is 193 Å². The normalized spacial score (nSPS) is 13.1. The second kappa shape index (κ2) is 11.1. The molecule has 0 bridgehead atoms. The lowest BCUT2D eigenvalue weighted by Crippen LogP contribution is -2.13. The summed E-state index contributed by atoms with van der Waals surface area (Å²) in [7, 11) is 0. The van der Waals surface area contributed by atoms with Crippen LogP contribution in [0.5, 0.6) is 0 Å². The third kappa shape index (κ3) is 9.09. The van der Waals surface area contributed by atoms with E-state index in [1.165, 1.54) is 11.1 Å². The quantitative estimate of drug-likeness (QED) is 0.508. The molecule has 2 rings (SSSR count). The topological polar surface area (TPSA) is 74.6 Å². The molecule has 2 aromatic carbocycles. The molecule has 32 heavy (non-hydrogen) atoms. The van der Waals surface area contributed by atoms with Crippen molar-refractivity contribution in [3.05, 3.63) is 76.4 Å². The maximum absolute atomic E-state index is 10.7. The Morgan fingerprint density at radius 3 is 1.56 bits per heavy atom. The van der Waals surface area contributed by atoms with Crippen molar-refractivity contribution in [1.29, 1.82) is 0 Å². The molecular weight excluding hydrogens is 400 g/mol. The fraction of sp³-hybridized carbons (Fsp3) is 0.429. The lowest BCUT2D eigenvalue weighted by molar-refractivity contribution is -0.141. The van der Waals surface area contributed by atoms with Crippen LogP contribution < -0.4 is 0 Å². The highest BCUT2D eigenvalue weighted by Crippen LogP contribution is 2.23. The molecule has 0 saturated carbocycles. The molecule has 0 heterocycles. The summed E-state index contributed by atoms with van der Waals surface area (Å²) in [4.78, 5) is 21.4. The van der Waals surface area contributed by atoms with Gasteiger partial charge in [-0.25, -0.2) is 4.79 Å². The van der Waals surface area contributed by atoms with Gasteiger partial charge in [0.1, 0.15) is 0 Å². The van der Waals surface area contributed by atoms with Gasteiger partial charge in [0.25, 0.3) is 0 Å². The third-order valence-electron chi connectivity index (χ3n) is 5.28. The van der Waals surface area contributed by atoms with E-state index in [0.717, 1.165) is 11.1 Å². The number of benzene rings is 2. The third-order valence-corrected chi connectivity index (χ3v) is 5.28. The maximum Gasteiger partial charge on any atom is 0.331 e. The molecule has 174 valence electrons. The van der Waals surface area contributed by atoms with E-state index in [0.29, 0.717) is 12.0 Å². The zero-order valence-electron chi connectivity index (χ0n) is 20.7. The Kier molecular flexibility index (Phi) is 9.44. The van der Waals surface area contributed by atoms with Gasteiger partial charge >= 0.3 is 11.9 Å². The molecule has 2 N–H and O–H groups in total. The molecule has 2 aromatic rings. The second-order valence-corrected chi connectivity index (χ2v) is 10.4. The summed E-state index contributed by atoms with van der Waals surface area (Å²) in [6.07, 6.45) is 2.27. The number of carboxylic acids is 2. The average Bonchev–Trinajstić information content (AvgIpc) is 2.67. The molecule has 4 heteroatoms. The van der Waals surface area contributed by atoms with Gasteiger partial charge in [0.05, 0.1) is 5.92 Å². The largest absolute Gasteiger partial charge is 0.481 e. The van der Waals surface area contributed by atoms with E-state index in [1.807, 2.05) is 36.4 Å². The van der Waals surface area contributed by atoms with Gasteiger partial charge < -0.3 is 10.2 Å². The summed E-state index contributed by atoms with van der Waals surface area (Å²) in [6, 6.07) is 16.2. The van der Waals surface area contributed by atoms with Crippen molar-refractivity contribution in [3.8, 4) is 0 Å². The van der Waals surface area contributed by atoms with Gasteiger partial charge in [0, 0.05) is 5.57 Å². The van der Waals surface area contributed by atoms with Gasteiger partial charge in [-0.3, -0.25) is 4.79 Å². The van der Waals surface area contributed by atoms with Gasteiger partial charge in [-0.1, -0.05) is 97.0 Å². The van der Waals surface area contributed by atoms with E-state index in [4.69, 9.17) is 10.2 Å². The Balaban J connectivity index is 0.000000320. The highest BCUT2D eigenvalue weighted by Gasteiger charge is 2.15. The van der Waals surface area contributed by atoms with E-state index < -0.39 is 11.9 Å². The first-order valence-corrected chi connectivity index (χ1v) is 11.0. The summed E-state index contributed by atoms with van der Waals surface area (Å²) in [6.45, 7) is 16.3. The van der Waals surface area contributed by atoms with Crippen molar-refractivity contribution < 1.29 is 19.8 Å². The van der Waals surface area contributed by atoms with Gasteiger partial charge in [0.2, 0.25) is 0 Å². The summed E-state index contributed by atoms with van der Waals surface area (Å²) in [5, 5.41) is 17.6. The van der Waals surface area contributed by atoms with Crippen LogP contribution in [0, 0.1) is 5.92 Å². The summed E-state index contributed by atoms with van der Waals surface area (Å²) in [5.74, 6) is -1.93. The molecule has 4 nitrogen and oxygen atoms in total. The first kappa shape index (κ1) is 27.2. The highest BCUT2D eigenvalue weighted by molar-refractivity contribution is 5.91. The van der Waals surface area contributed by atoms with E-state index in [9.17, 15) is 9.59 Å². The second-order valence-electron chi connectivity index (χ2n) is 10.4. The highest BCUT2D eigenvalue weighted by atomic mass is 16.4. The zero-order valence-corrected chi connectivity index (χ0v) is 20.7. The van der Waals surface area contributed by atoms with E-state index in [-0.39, 0.29) is 16.7 Å². The SMILES string of the molecule is CC(=Cc1ccc(C(C)(C)C)cc1)C(=O)O.CC(Cc1ccc(C(C)(C)C)cc1)C(=O)O. The van der Waals surface area contributed by atoms with Gasteiger partial charge in [-0.2, -0.15) is 0 Å². The zero-order chi connectivity index (χ0) is 24.7. The van der Waals surface area contributed by atoms with Crippen LogP contribution in [0.1, 0.15) is 77.6 Å². The minimum absolute atomic E-state index is 0.129. The monoisotopic (exact) mass is 438 g/mol. The molecule has 1 atom stereocenters. The summed E-state index contributed by atoms with van der Waals surface area (Å²) < 4.78 is 0. The predicted molar refractivity (Wildman–Crippen MR) is 132 cm³/mol. The standard InChI is InChI=1S/C14H20O2.C14H18O2/c2*1-10(13(15)16)9-11-5-7-12(8-6-11)14(2,3)4/h5-8,10H,9H2,1-4H3,(H,15,16);5-9H,1-4H3,(H,15,16). The van der Waals surface area contributed by atoms with Crippen molar-refractivity contribution in [2.45, 2.75) is 72.6 Å². The van der Waals surface area contributed by atoms with Crippen molar-refractivity contribution >= 4 is 18.0 Å². The van der Waals surface area contributed by atoms with E-state index in [2.05, 4.69) is 53.7 Å². The minimum Gasteiger partial charge on any atom is -0.481 e. The fourth-order valence-electron chi connectivity index (χ4n) is 2.97. The van der Waals surface area contributed by atoms with E-state index in [1.54, 1.807) is 19.9 Å². The molecule has 0 aromatic heterocycles. The van der Waals surface area contributed by atoms with Crippen molar-refractivity contribution in [2.24, 2.45) is 5.92 Å². The first-order chi connectivity index (χ1) is 14.6. The van der Waals surface area contributed by atoms with Gasteiger partial charge in [-0.05, 0) is 52.5 Å². The Bertz CT molecular complexity index is 921. The number of carbonyl (C=O) groups is 2. The minimum atomic E-state index is -0.875. The molecule has 0 radical (unpaired) electrons. The molecule has 0 aliphatic carbocycles. The summed E-state index contributed by atoms with van der Waals surface area (Å²) >= 11 is 0. The fourth-order valence-corrected chi connectivity index (χ4v) is 2.97. The van der Waals surface area contributed by atoms with Crippen LogP contribution in [0.15, 0.2) is 54.1 Å². The molecular formula is C28H38O4. The van der Waals surface area contributed by atoms with Crippen LogP contribution in [0.4, 0.5) is 0 Å². The molecule has 0 spiro atoms. The van der Waals surface area contributed by atoms with Crippen LogP contribution in [-0.2, 0) is 26.8 Å². The van der Waals surface area contributed by atoms with Crippen molar-refractivity contribution in [2.75, 3.05) is 0 Å². The van der Waals surface area contributed by atoms with Crippen LogP contribution in [-0.4, -0.2) is 22.2 Å². The first-order valence-electron chi connectivity index (χ1n) is 11.0. The molecule has 1 unspecified atom stereocenters. The lowest BCUT2D eigenvalue weighted by atomic mass is 9.86. The number of rotatable bonds is 5. The number of aliphatic carboxylic acids is 2. The maximum atomic E-state index is 10.7. The predicted octanol–water partition coefficient (Wildman–Crippen LogP) is 6.72. The molecule has 0 saturated heterocycles. The number of hydrogen-bond acceptors (Lipinski definition) is 2. The molecule has 0 amide bonds. The average molecular weight is 439 g/mol. The van der Waals surface area contributed by atoms with Crippen LogP contribution in [0.3, 0.4) is 0 Å². The van der Waals surface area contributed by atoms with Crippen LogP contribution >= 0.6 is 0 Å². The van der Waals surface area contributed by atoms with Gasteiger partial charge in [0.15, 0.2) is 0 Å².